The first-order valence-corrected chi connectivity index (χ1v) is 7.45. The van der Waals surface area contributed by atoms with Crippen molar-refractivity contribution in [3.05, 3.63) is 46.2 Å². The zero-order chi connectivity index (χ0) is 15.9. The number of benzene rings is 1. The van der Waals surface area contributed by atoms with E-state index in [2.05, 4.69) is 0 Å². The zero-order valence-electron chi connectivity index (χ0n) is 12.3. The molecule has 2 rings (SSSR count). The predicted molar refractivity (Wildman–Crippen MR) is 82.9 cm³/mol. The summed E-state index contributed by atoms with van der Waals surface area (Å²) >= 11 is 1.47. The number of hydrogen-bond acceptors (Lipinski definition) is 6. The van der Waals surface area contributed by atoms with Crippen LogP contribution >= 0.6 is 11.3 Å². The van der Waals surface area contributed by atoms with Gasteiger partial charge in [0, 0.05) is 4.88 Å². The van der Waals surface area contributed by atoms with E-state index in [9.17, 15) is 9.59 Å². The number of Topliss-reactive ketones (excluding diaryl/α,β-unsaturated/α-hetero) is 1. The van der Waals surface area contributed by atoms with Gasteiger partial charge in [0.2, 0.25) is 5.78 Å². The molecule has 0 spiro atoms. The number of hydrogen-bond donors (Lipinski definition) is 0. The van der Waals surface area contributed by atoms with Crippen LogP contribution in [0, 0.1) is 0 Å². The third-order valence-electron chi connectivity index (χ3n) is 2.97. The van der Waals surface area contributed by atoms with Gasteiger partial charge in [0.15, 0.2) is 6.61 Å². The summed E-state index contributed by atoms with van der Waals surface area (Å²) in [4.78, 5) is 24.8. The molecule has 116 valence electrons. The van der Waals surface area contributed by atoms with E-state index in [0.717, 1.165) is 4.88 Å². The summed E-state index contributed by atoms with van der Waals surface area (Å²) in [5.41, 5.74) is 0.325. The zero-order valence-corrected chi connectivity index (χ0v) is 13.1. The largest absolute Gasteiger partial charge is 0.497 e. The summed E-state index contributed by atoms with van der Waals surface area (Å²) < 4.78 is 15.3. The molecule has 1 heterocycles. The Bertz CT molecular complexity index is 649. The van der Waals surface area contributed by atoms with Gasteiger partial charge in [0.1, 0.15) is 11.5 Å². The lowest BCUT2D eigenvalue weighted by molar-refractivity contribution is -0.141. The molecule has 0 fully saturated rings. The Hall–Kier alpha value is -2.34. The first-order chi connectivity index (χ1) is 10.6. The molecule has 22 heavy (non-hydrogen) atoms. The first-order valence-electron chi connectivity index (χ1n) is 6.57. The third kappa shape index (κ3) is 4.08. The summed E-state index contributed by atoms with van der Waals surface area (Å²) in [7, 11) is 2.98. The molecule has 0 bridgehead atoms. The SMILES string of the molecule is COc1ccc(OC)c(C(=O)COC(=O)Cc2cccs2)c1. The maximum absolute atomic E-state index is 12.2. The minimum atomic E-state index is -0.433. The maximum atomic E-state index is 12.2. The summed E-state index contributed by atoms with van der Waals surface area (Å²) in [6.07, 6.45) is 0.167. The topological polar surface area (TPSA) is 61.8 Å². The molecule has 0 saturated heterocycles. The molecule has 0 unspecified atom stereocenters. The van der Waals surface area contributed by atoms with E-state index >= 15 is 0 Å². The van der Waals surface area contributed by atoms with Gasteiger partial charge in [-0.3, -0.25) is 9.59 Å². The number of rotatable bonds is 7. The van der Waals surface area contributed by atoms with E-state index < -0.39 is 5.97 Å². The van der Waals surface area contributed by atoms with E-state index in [1.807, 2.05) is 17.5 Å². The van der Waals surface area contributed by atoms with Crippen LogP contribution in [-0.4, -0.2) is 32.6 Å². The van der Waals surface area contributed by atoms with Crippen LogP contribution in [0.15, 0.2) is 35.7 Å². The van der Waals surface area contributed by atoms with Gasteiger partial charge < -0.3 is 14.2 Å². The van der Waals surface area contributed by atoms with Crippen LogP contribution in [0.25, 0.3) is 0 Å². The lowest BCUT2D eigenvalue weighted by Crippen LogP contribution is -2.16. The summed E-state index contributed by atoms with van der Waals surface area (Å²) in [5, 5.41) is 1.88. The monoisotopic (exact) mass is 320 g/mol. The van der Waals surface area contributed by atoms with Crippen molar-refractivity contribution < 1.29 is 23.8 Å². The van der Waals surface area contributed by atoms with Crippen LogP contribution < -0.4 is 9.47 Å². The summed E-state index contributed by atoms with van der Waals surface area (Å²) in [6.45, 7) is -0.326. The number of ketones is 1. The molecule has 1 aromatic carbocycles. The fourth-order valence-electron chi connectivity index (χ4n) is 1.86. The quantitative estimate of drug-likeness (QED) is 0.580. The Balaban J connectivity index is 1.98. The highest BCUT2D eigenvalue weighted by Crippen LogP contribution is 2.24. The Kier molecular flexibility index (Phi) is 5.55. The van der Waals surface area contributed by atoms with E-state index in [0.29, 0.717) is 17.1 Å². The van der Waals surface area contributed by atoms with E-state index in [-0.39, 0.29) is 18.8 Å². The molecule has 0 saturated carbocycles. The number of ether oxygens (including phenoxy) is 3. The molecule has 0 atom stereocenters. The van der Waals surface area contributed by atoms with Crippen molar-refractivity contribution in [1.82, 2.24) is 0 Å². The summed E-state index contributed by atoms with van der Waals surface area (Å²) in [5.74, 6) is 0.183. The van der Waals surface area contributed by atoms with Crippen LogP contribution in [-0.2, 0) is 16.0 Å². The van der Waals surface area contributed by atoms with Crippen molar-refractivity contribution in [2.75, 3.05) is 20.8 Å². The van der Waals surface area contributed by atoms with Gasteiger partial charge in [-0.2, -0.15) is 0 Å². The molecule has 0 aliphatic heterocycles. The second kappa shape index (κ2) is 7.61. The normalized spacial score (nSPS) is 10.1. The van der Waals surface area contributed by atoms with Gasteiger partial charge in [-0.05, 0) is 29.6 Å². The highest BCUT2D eigenvalue weighted by molar-refractivity contribution is 7.10. The standard InChI is InChI=1S/C16H16O5S/c1-19-11-5-6-15(20-2)13(8-11)14(17)10-21-16(18)9-12-4-3-7-22-12/h3-8H,9-10H2,1-2H3. The van der Waals surface area contributed by atoms with Crippen LogP contribution in [0.5, 0.6) is 11.5 Å². The molecular formula is C16H16O5S. The Morgan fingerprint density at radius 2 is 1.95 bits per heavy atom. The molecule has 0 aliphatic rings. The average Bonchev–Trinajstić information content (AvgIpc) is 3.04. The number of methoxy groups -OCH3 is 2. The highest BCUT2D eigenvalue weighted by Gasteiger charge is 2.16. The Labute approximate surface area is 132 Å². The fraction of sp³-hybridized carbons (Fsp3) is 0.250. The lowest BCUT2D eigenvalue weighted by atomic mass is 10.1. The van der Waals surface area contributed by atoms with Gasteiger partial charge in [0.25, 0.3) is 0 Å². The van der Waals surface area contributed by atoms with Crippen LogP contribution in [0.2, 0.25) is 0 Å². The van der Waals surface area contributed by atoms with E-state index in [1.165, 1.54) is 25.6 Å². The molecular weight excluding hydrogens is 304 g/mol. The van der Waals surface area contributed by atoms with Gasteiger partial charge in [-0.25, -0.2) is 0 Å². The molecule has 0 N–H and O–H groups in total. The Morgan fingerprint density at radius 3 is 2.59 bits per heavy atom. The minimum absolute atomic E-state index is 0.167. The van der Waals surface area contributed by atoms with Gasteiger partial charge >= 0.3 is 5.97 Å². The second-order valence-electron chi connectivity index (χ2n) is 4.41. The van der Waals surface area contributed by atoms with Crippen LogP contribution in [0.4, 0.5) is 0 Å². The average molecular weight is 320 g/mol. The van der Waals surface area contributed by atoms with Gasteiger partial charge in [-0.15, -0.1) is 11.3 Å². The number of thiophene rings is 1. The molecule has 6 heteroatoms. The van der Waals surface area contributed by atoms with E-state index in [1.54, 1.807) is 18.2 Å². The molecule has 0 radical (unpaired) electrons. The Morgan fingerprint density at radius 1 is 1.14 bits per heavy atom. The smallest absolute Gasteiger partial charge is 0.311 e. The van der Waals surface area contributed by atoms with Gasteiger partial charge in [-0.1, -0.05) is 6.07 Å². The van der Waals surface area contributed by atoms with Crippen LogP contribution in [0.1, 0.15) is 15.2 Å². The molecule has 1 aromatic heterocycles. The van der Waals surface area contributed by atoms with Crippen LogP contribution in [0.3, 0.4) is 0 Å². The maximum Gasteiger partial charge on any atom is 0.311 e. The van der Waals surface area contributed by atoms with Crippen molar-refractivity contribution in [2.24, 2.45) is 0 Å². The van der Waals surface area contributed by atoms with Gasteiger partial charge in [0.05, 0.1) is 26.2 Å². The number of carbonyl (C=O) groups is 2. The highest BCUT2D eigenvalue weighted by atomic mass is 32.1. The summed E-state index contributed by atoms with van der Waals surface area (Å²) in [6, 6.07) is 8.60. The van der Waals surface area contributed by atoms with Crippen molar-refractivity contribution >= 4 is 23.1 Å². The fourth-order valence-corrected chi connectivity index (χ4v) is 2.55. The number of esters is 1. The van der Waals surface area contributed by atoms with Crippen molar-refractivity contribution in [3.63, 3.8) is 0 Å². The molecule has 5 nitrogen and oxygen atoms in total. The third-order valence-corrected chi connectivity index (χ3v) is 3.85. The first kappa shape index (κ1) is 16.0. The van der Waals surface area contributed by atoms with Crippen molar-refractivity contribution in [1.29, 1.82) is 0 Å². The number of carbonyl (C=O) groups excluding carboxylic acids is 2. The predicted octanol–water partition coefficient (Wildman–Crippen LogP) is 2.73. The minimum Gasteiger partial charge on any atom is -0.497 e. The van der Waals surface area contributed by atoms with E-state index in [4.69, 9.17) is 14.2 Å². The van der Waals surface area contributed by atoms with Crippen molar-refractivity contribution in [3.8, 4) is 11.5 Å². The lowest BCUT2D eigenvalue weighted by Gasteiger charge is -2.10. The molecule has 0 aliphatic carbocycles. The molecule has 2 aromatic rings. The molecule has 0 amide bonds. The van der Waals surface area contributed by atoms with Crippen molar-refractivity contribution in [2.45, 2.75) is 6.42 Å². The second-order valence-corrected chi connectivity index (χ2v) is 5.44.